The highest BCUT2D eigenvalue weighted by Gasteiger charge is 2.21. The van der Waals surface area contributed by atoms with Crippen molar-refractivity contribution in [1.82, 2.24) is 25.3 Å². The van der Waals surface area contributed by atoms with Crippen LogP contribution in [0.4, 0.5) is 0 Å². The normalized spacial score (nSPS) is 18.5. The predicted octanol–water partition coefficient (Wildman–Crippen LogP) is 2.90. The highest BCUT2D eigenvalue weighted by atomic mass is 127. The van der Waals surface area contributed by atoms with Gasteiger partial charge in [-0.05, 0) is 50.9 Å². The van der Waals surface area contributed by atoms with Crippen LogP contribution < -0.4 is 10.6 Å². The molecule has 2 aliphatic heterocycles. The number of benzene rings is 1. The van der Waals surface area contributed by atoms with Crippen LogP contribution in [-0.2, 0) is 17.9 Å². The van der Waals surface area contributed by atoms with Crippen LogP contribution in [0.15, 0.2) is 29.3 Å². The molecule has 1 amide bonds. The maximum atomic E-state index is 12.0. The van der Waals surface area contributed by atoms with Crippen molar-refractivity contribution in [3.8, 4) is 0 Å². The van der Waals surface area contributed by atoms with Crippen LogP contribution in [0.1, 0.15) is 50.7 Å². The third-order valence-corrected chi connectivity index (χ3v) is 6.35. The molecule has 0 bridgehead atoms. The molecule has 0 aromatic heterocycles. The van der Waals surface area contributed by atoms with Crippen molar-refractivity contribution in [1.29, 1.82) is 0 Å². The van der Waals surface area contributed by atoms with Crippen molar-refractivity contribution in [2.45, 2.75) is 58.7 Å². The van der Waals surface area contributed by atoms with E-state index in [0.717, 1.165) is 45.2 Å². The molecule has 2 saturated heterocycles. The minimum atomic E-state index is 0. The Labute approximate surface area is 217 Å². The summed E-state index contributed by atoms with van der Waals surface area (Å²) in [6.07, 6.45) is 5.37. The Kier molecular flexibility index (Phi) is 12.5. The third-order valence-electron chi connectivity index (χ3n) is 6.35. The first-order valence-corrected chi connectivity index (χ1v) is 12.3. The molecule has 7 nitrogen and oxygen atoms in total. The molecular formula is C25H43IN6O. The van der Waals surface area contributed by atoms with Crippen molar-refractivity contribution >= 4 is 35.8 Å². The average Bonchev–Trinajstić information content (AvgIpc) is 3.04. The fourth-order valence-corrected chi connectivity index (χ4v) is 4.61. The zero-order valence-electron chi connectivity index (χ0n) is 20.7. The Morgan fingerprint density at radius 3 is 2.18 bits per heavy atom. The molecule has 3 rings (SSSR count). The smallest absolute Gasteiger partial charge is 0.234 e. The molecule has 0 radical (unpaired) electrons. The van der Waals surface area contributed by atoms with Gasteiger partial charge in [0, 0.05) is 52.4 Å². The van der Waals surface area contributed by atoms with Gasteiger partial charge in [-0.25, -0.2) is 0 Å². The zero-order valence-corrected chi connectivity index (χ0v) is 23.0. The van der Waals surface area contributed by atoms with E-state index < -0.39 is 0 Å². The lowest BCUT2D eigenvalue weighted by atomic mass is 10.1. The van der Waals surface area contributed by atoms with E-state index >= 15 is 0 Å². The maximum Gasteiger partial charge on any atom is 0.234 e. The molecule has 1 aromatic rings. The van der Waals surface area contributed by atoms with E-state index in [2.05, 4.69) is 54.6 Å². The second kappa shape index (κ2) is 14.8. The van der Waals surface area contributed by atoms with E-state index in [9.17, 15) is 4.79 Å². The van der Waals surface area contributed by atoms with Crippen LogP contribution >= 0.6 is 24.0 Å². The van der Waals surface area contributed by atoms with Gasteiger partial charge in [0.1, 0.15) is 0 Å². The summed E-state index contributed by atoms with van der Waals surface area (Å²) in [5.41, 5.74) is 2.76. The first-order valence-electron chi connectivity index (χ1n) is 12.3. The summed E-state index contributed by atoms with van der Waals surface area (Å²) in [7, 11) is 1.86. The Morgan fingerprint density at radius 1 is 0.939 bits per heavy atom. The van der Waals surface area contributed by atoms with E-state index in [1.165, 1.54) is 49.9 Å². The van der Waals surface area contributed by atoms with Gasteiger partial charge in [-0.1, -0.05) is 37.1 Å². The van der Waals surface area contributed by atoms with Gasteiger partial charge in [-0.3, -0.25) is 19.6 Å². The fraction of sp³-hybridized carbons (Fsp3) is 0.680. The lowest BCUT2D eigenvalue weighted by Gasteiger charge is -2.36. The number of guanidine groups is 1. The summed E-state index contributed by atoms with van der Waals surface area (Å²) in [6, 6.07) is 8.98. The Morgan fingerprint density at radius 2 is 1.58 bits per heavy atom. The molecule has 0 atom stereocenters. The lowest BCUT2D eigenvalue weighted by molar-refractivity contribution is -0.123. The molecule has 1 aromatic carbocycles. The molecular weight excluding hydrogens is 527 g/mol. The molecule has 8 heteroatoms. The summed E-state index contributed by atoms with van der Waals surface area (Å²) < 4.78 is 0. The minimum Gasteiger partial charge on any atom is -0.353 e. The van der Waals surface area contributed by atoms with Gasteiger partial charge >= 0.3 is 0 Å². The van der Waals surface area contributed by atoms with E-state index in [0.29, 0.717) is 6.54 Å². The summed E-state index contributed by atoms with van der Waals surface area (Å²) in [5.74, 6) is 1.05. The van der Waals surface area contributed by atoms with Gasteiger partial charge in [-0.2, -0.15) is 0 Å². The van der Waals surface area contributed by atoms with E-state index in [1.807, 2.05) is 20.9 Å². The fourth-order valence-electron chi connectivity index (χ4n) is 4.61. The first kappa shape index (κ1) is 27.9. The van der Waals surface area contributed by atoms with Crippen LogP contribution in [0, 0.1) is 0 Å². The zero-order chi connectivity index (χ0) is 22.8. The van der Waals surface area contributed by atoms with Crippen molar-refractivity contribution in [2.24, 2.45) is 4.99 Å². The van der Waals surface area contributed by atoms with Gasteiger partial charge in [0.15, 0.2) is 5.96 Å². The SMILES string of the molecule is CN=C(NCc1ccccc1CN1CCCCCC1)N1CCN(CC(=O)NC(C)C)CC1.I. The van der Waals surface area contributed by atoms with Crippen LogP contribution in [0.25, 0.3) is 0 Å². The molecule has 2 aliphatic rings. The van der Waals surface area contributed by atoms with Gasteiger partial charge in [-0.15, -0.1) is 24.0 Å². The van der Waals surface area contributed by atoms with Gasteiger partial charge in [0.05, 0.1) is 6.54 Å². The number of halogens is 1. The average molecular weight is 571 g/mol. The number of hydrogen-bond acceptors (Lipinski definition) is 4. The topological polar surface area (TPSA) is 63.2 Å². The standard InChI is InChI=1S/C25H42N6O.HI/c1-21(2)28-24(32)20-30-14-16-31(17-15-30)25(26-3)27-18-22-10-6-7-11-23(22)19-29-12-8-4-5-9-13-29;/h6-7,10-11,21H,4-5,8-9,12-20H2,1-3H3,(H,26,27)(H,28,32);1H. The number of likely N-dealkylation sites (tertiary alicyclic amines) is 1. The molecule has 0 spiro atoms. The summed E-state index contributed by atoms with van der Waals surface area (Å²) in [5, 5.41) is 6.56. The Bertz CT molecular complexity index is 740. The number of amides is 1. The number of carbonyl (C=O) groups excluding carboxylic acids is 1. The summed E-state index contributed by atoms with van der Waals surface area (Å²) in [6.45, 7) is 12.2. The largest absolute Gasteiger partial charge is 0.353 e. The second-order valence-corrected chi connectivity index (χ2v) is 9.35. The monoisotopic (exact) mass is 570 g/mol. The third kappa shape index (κ3) is 9.41. The van der Waals surface area contributed by atoms with Crippen LogP contribution in [0.3, 0.4) is 0 Å². The van der Waals surface area contributed by atoms with E-state index in [1.54, 1.807) is 0 Å². The first-order chi connectivity index (χ1) is 15.5. The number of rotatable bonds is 7. The number of aliphatic imine (C=N–C) groups is 1. The summed E-state index contributed by atoms with van der Waals surface area (Å²) >= 11 is 0. The quantitative estimate of drug-likeness (QED) is 0.300. The van der Waals surface area contributed by atoms with E-state index in [4.69, 9.17) is 0 Å². The molecule has 2 heterocycles. The van der Waals surface area contributed by atoms with E-state index in [-0.39, 0.29) is 35.9 Å². The summed E-state index contributed by atoms with van der Waals surface area (Å²) in [4.78, 5) is 23.7. The van der Waals surface area contributed by atoms with Crippen LogP contribution in [0.2, 0.25) is 0 Å². The van der Waals surface area contributed by atoms with Crippen molar-refractivity contribution in [2.75, 3.05) is 52.9 Å². The number of piperazine rings is 1. The number of nitrogens with one attached hydrogen (secondary N) is 2. The van der Waals surface area contributed by atoms with Crippen molar-refractivity contribution < 1.29 is 4.79 Å². The Balaban J connectivity index is 0.00000385. The molecule has 186 valence electrons. The highest BCUT2D eigenvalue weighted by Crippen LogP contribution is 2.16. The molecule has 2 N–H and O–H groups in total. The molecule has 33 heavy (non-hydrogen) atoms. The molecule has 0 unspecified atom stereocenters. The number of hydrogen-bond donors (Lipinski definition) is 2. The van der Waals surface area contributed by atoms with Gasteiger partial charge in [0.2, 0.25) is 5.91 Å². The minimum absolute atomic E-state index is 0. The number of nitrogens with zero attached hydrogens (tertiary/aromatic N) is 4. The van der Waals surface area contributed by atoms with Gasteiger partial charge < -0.3 is 15.5 Å². The van der Waals surface area contributed by atoms with Crippen LogP contribution in [0.5, 0.6) is 0 Å². The maximum absolute atomic E-state index is 12.0. The molecule has 0 aliphatic carbocycles. The van der Waals surface area contributed by atoms with Gasteiger partial charge in [0.25, 0.3) is 0 Å². The van der Waals surface area contributed by atoms with Crippen molar-refractivity contribution in [3.05, 3.63) is 35.4 Å². The Hall–Kier alpha value is -1.39. The highest BCUT2D eigenvalue weighted by molar-refractivity contribution is 14.0. The van der Waals surface area contributed by atoms with Crippen molar-refractivity contribution in [3.63, 3.8) is 0 Å². The van der Waals surface area contributed by atoms with Crippen LogP contribution in [-0.4, -0.2) is 85.5 Å². The predicted molar refractivity (Wildman–Crippen MR) is 147 cm³/mol. The lowest BCUT2D eigenvalue weighted by Crippen LogP contribution is -2.54. The molecule has 2 fully saturated rings. The second-order valence-electron chi connectivity index (χ2n) is 9.35. The molecule has 0 saturated carbocycles. The number of carbonyl (C=O) groups is 1.